The molecule has 1 aromatic rings. The topological polar surface area (TPSA) is 89.1 Å². The van der Waals surface area contributed by atoms with Gasteiger partial charge in [-0.05, 0) is 37.8 Å². The fraction of sp³-hybridized carbons (Fsp3) is 0.769. The van der Waals surface area contributed by atoms with E-state index in [0.29, 0.717) is 0 Å². The Morgan fingerprint density at radius 3 is 2.75 bits per heavy atom. The summed E-state index contributed by atoms with van der Waals surface area (Å²) in [5.41, 5.74) is 2.31. The molecule has 1 aliphatic rings. The molecular formula is C13H24N6O. The number of piperidine rings is 1. The summed E-state index contributed by atoms with van der Waals surface area (Å²) in [5, 5.41) is 7.72. The molecule has 0 aromatic carbocycles. The number of nitrogens with one attached hydrogen (secondary N) is 1. The van der Waals surface area contributed by atoms with Gasteiger partial charge in [0.1, 0.15) is 0 Å². The quantitative estimate of drug-likeness (QED) is 0.458. The van der Waals surface area contributed by atoms with Crippen molar-refractivity contribution < 1.29 is 4.79 Å². The lowest BCUT2D eigenvalue weighted by Gasteiger charge is -2.33. The summed E-state index contributed by atoms with van der Waals surface area (Å²) >= 11 is 0. The molecule has 0 bridgehead atoms. The van der Waals surface area contributed by atoms with E-state index in [1.807, 2.05) is 0 Å². The molecular weight excluding hydrogens is 256 g/mol. The van der Waals surface area contributed by atoms with Crippen LogP contribution in [0.25, 0.3) is 0 Å². The van der Waals surface area contributed by atoms with Crippen molar-refractivity contribution in [3.8, 4) is 0 Å². The van der Waals surface area contributed by atoms with Gasteiger partial charge in [0.05, 0.1) is 12.7 Å². The molecule has 1 fully saturated rings. The minimum atomic E-state index is -0.408. The number of nitrogens with two attached hydrogens (primary N) is 1. The highest BCUT2D eigenvalue weighted by Gasteiger charge is 2.21. The predicted molar refractivity (Wildman–Crippen MR) is 75.7 cm³/mol. The van der Waals surface area contributed by atoms with Crippen LogP contribution in [-0.2, 0) is 6.54 Å². The Morgan fingerprint density at radius 1 is 1.45 bits per heavy atom. The number of nitrogens with zero attached hydrogens (tertiary/aromatic N) is 4. The summed E-state index contributed by atoms with van der Waals surface area (Å²) < 4.78 is 1.69. The number of carbonyl (C=O) groups is 1. The Morgan fingerprint density at radius 2 is 2.15 bits per heavy atom. The van der Waals surface area contributed by atoms with E-state index in [9.17, 15) is 4.79 Å². The minimum absolute atomic E-state index is 0.256. The molecule has 112 valence electrons. The Hall–Kier alpha value is -1.47. The molecule has 0 radical (unpaired) electrons. The van der Waals surface area contributed by atoms with Crippen LogP contribution in [0.3, 0.4) is 0 Å². The average Bonchev–Trinajstić information content (AvgIpc) is 2.93. The lowest BCUT2D eigenvalue weighted by molar-refractivity contribution is 0.0948. The summed E-state index contributed by atoms with van der Waals surface area (Å²) in [4.78, 5) is 13.7. The standard InChI is InChI=1S/C13H24N6O/c1-10(2)11-3-5-18(6-4-11)7-8-19-9-12(16-17-19)13(20)15-14/h9-11H,3-8,14H2,1-2H3,(H,15,20). The first kappa shape index (κ1) is 14.9. The first-order valence-electron chi connectivity index (χ1n) is 7.23. The van der Waals surface area contributed by atoms with Crippen molar-refractivity contribution >= 4 is 5.91 Å². The van der Waals surface area contributed by atoms with E-state index in [-0.39, 0.29) is 5.69 Å². The van der Waals surface area contributed by atoms with Crippen LogP contribution in [-0.4, -0.2) is 45.4 Å². The van der Waals surface area contributed by atoms with Crippen LogP contribution in [0.2, 0.25) is 0 Å². The summed E-state index contributed by atoms with van der Waals surface area (Å²) in [5.74, 6) is 6.29. The van der Waals surface area contributed by atoms with E-state index in [0.717, 1.165) is 38.0 Å². The summed E-state index contributed by atoms with van der Waals surface area (Å²) in [6, 6.07) is 0. The van der Waals surface area contributed by atoms with Gasteiger partial charge in [-0.3, -0.25) is 14.9 Å². The Bertz CT molecular complexity index is 436. The third kappa shape index (κ3) is 3.77. The van der Waals surface area contributed by atoms with Gasteiger partial charge in [-0.1, -0.05) is 19.1 Å². The first-order valence-corrected chi connectivity index (χ1v) is 7.23. The Kier molecular flexibility index (Phi) is 5.08. The number of carbonyl (C=O) groups excluding carboxylic acids is 1. The number of hydrazine groups is 1. The number of nitrogen functional groups attached to an aromatic ring is 1. The number of hydrogen-bond donors (Lipinski definition) is 2. The first-order chi connectivity index (χ1) is 9.60. The van der Waals surface area contributed by atoms with Gasteiger partial charge in [0, 0.05) is 6.54 Å². The van der Waals surface area contributed by atoms with E-state index in [1.165, 1.54) is 12.8 Å². The summed E-state index contributed by atoms with van der Waals surface area (Å²) in [6.07, 6.45) is 4.18. The fourth-order valence-electron chi connectivity index (χ4n) is 2.67. The normalized spacial score (nSPS) is 17.6. The zero-order valence-electron chi connectivity index (χ0n) is 12.2. The van der Waals surface area contributed by atoms with Gasteiger partial charge in [-0.2, -0.15) is 0 Å². The van der Waals surface area contributed by atoms with Crippen LogP contribution in [0.5, 0.6) is 0 Å². The number of rotatable bonds is 5. The fourth-order valence-corrected chi connectivity index (χ4v) is 2.67. The highest BCUT2D eigenvalue weighted by molar-refractivity contribution is 5.91. The zero-order chi connectivity index (χ0) is 14.5. The third-order valence-corrected chi connectivity index (χ3v) is 4.12. The SMILES string of the molecule is CC(C)C1CCN(CCn2cc(C(=O)NN)nn2)CC1. The minimum Gasteiger partial charge on any atom is -0.301 e. The smallest absolute Gasteiger partial charge is 0.287 e. The molecule has 1 saturated heterocycles. The van der Waals surface area contributed by atoms with Gasteiger partial charge in [-0.25, -0.2) is 5.84 Å². The van der Waals surface area contributed by atoms with Crippen molar-refractivity contribution in [3.63, 3.8) is 0 Å². The largest absolute Gasteiger partial charge is 0.301 e. The molecule has 1 amide bonds. The van der Waals surface area contributed by atoms with E-state index >= 15 is 0 Å². The van der Waals surface area contributed by atoms with Gasteiger partial charge >= 0.3 is 0 Å². The van der Waals surface area contributed by atoms with E-state index in [1.54, 1.807) is 10.9 Å². The highest BCUT2D eigenvalue weighted by Crippen LogP contribution is 2.24. The molecule has 7 nitrogen and oxygen atoms in total. The molecule has 0 atom stereocenters. The van der Waals surface area contributed by atoms with Crippen molar-refractivity contribution in [2.24, 2.45) is 17.7 Å². The molecule has 1 aliphatic heterocycles. The van der Waals surface area contributed by atoms with Gasteiger partial charge in [0.15, 0.2) is 5.69 Å². The number of amides is 1. The van der Waals surface area contributed by atoms with Crippen molar-refractivity contribution in [2.75, 3.05) is 19.6 Å². The van der Waals surface area contributed by atoms with Crippen LogP contribution >= 0.6 is 0 Å². The second-order valence-corrected chi connectivity index (χ2v) is 5.76. The van der Waals surface area contributed by atoms with E-state index < -0.39 is 5.91 Å². The Labute approximate surface area is 119 Å². The number of hydrogen-bond acceptors (Lipinski definition) is 5. The summed E-state index contributed by atoms with van der Waals surface area (Å²) in [7, 11) is 0. The molecule has 2 rings (SSSR count). The van der Waals surface area contributed by atoms with Gasteiger partial charge in [0.2, 0.25) is 0 Å². The highest BCUT2D eigenvalue weighted by atomic mass is 16.2. The predicted octanol–water partition coefficient (Wildman–Crippen LogP) is 0.250. The Balaban J connectivity index is 1.76. The van der Waals surface area contributed by atoms with Crippen molar-refractivity contribution in [1.29, 1.82) is 0 Å². The maximum absolute atomic E-state index is 11.3. The van der Waals surface area contributed by atoms with E-state index in [4.69, 9.17) is 5.84 Å². The summed E-state index contributed by atoms with van der Waals surface area (Å²) in [6.45, 7) is 8.59. The molecule has 0 saturated carbocycles. The van der Waals surface area contributed by atoms with Crippen molar-refractivity contribution in [3.05, 3.63) is 11.9 Å². The van der Waals surface area contributed by atoms with E-state index in [2.05, 4.69) is 34.5 Å². The van der Waals surface area contributed by atoms with Crippen LogP contribution in [0.1, 0.15) is 37.2 Å². The van der Waals surface area contributed by atoms with Crippen LogP contribution < -0.4 is 11.3 Å². The van der Waals surface area contributed by atoms with Gasteiger partial charge in [0.25, 0.3) is 5.91 Å². The molecule has 0 unspecified atom stereocenters. The lowest BCUT2D eigenvalue weighted by Crippen LogP contribution is -2.37. The molecule has 20 heavy (non-hydrogen) atoms. The number of likely N-dealkylation sites (tertiary alicyclic amines) is 1. The molecule has 0 spiro atoms. The molecule has 2 heterocycles. The maximum atomic E-state index is 11.3. The molecule has 1 aromatic heterocycles. The van der Waals surface area contributed by atoms with Crippen molar-refractivity contribution in [2.45, 2.75) is 33.2 Å². The second kappa shape index (κ2) is 6.81. The molecule has 3 N–H and O–H groups in total. The average molecular weight is 280 g/mol. The molecule has 7 heteroatoms. The molecule has 0 aliphatic carbocycles. The second-order valence-electron chi connectivity index (χ2n) is 5.76. The third-order valence-electron chi connectivity index (χ3n) is 4.12. The monoisotopic (exact) mass is 280 g/mol. The van der Waals surface area contributed by atoms with Crippen LogP contribution in [0, 0.1) is 11.8 Å². The lowest BCUT2D eigenvalue weighted by atomic mass is 9.87. The zero-order valence-corrected chi connectivity index (χ0v) is 12.2. The van der Waals surface area contributed by atoms with Crippen molar-refractivity contribution in [1.82, 2.24) is 25.3 Å². The van der Waals surface area contributed by atoms with Crippen LogP contribution in [0.15, 0.2) is 6.20 Å². The number of aromatic nitrogens is 3. The van der Waals surface area contributed by atoms with Gasteiger partial charge < -0.3 is 4.90 Å². The van der Waals surface area contributed by atoms with Crippen LogP contribution in [0.4, 0.5) is 0 Å². The van der Waals surface area contributed by atoms with Gasteiger partial charge in [-0.15, -0.1) is 5.10 Å². The maximum Gasteiger partial charge on any atom is 0.287 e.